The fourth-order valence-corrected chi connectivity index (χ4v) is 5.98. The molecule has 12 nitrogen and oxygen atoms in total. The fourth-order valence-electron chi connectivity index (χ4n) is 5.34. The predicted molar refractivity (Wildman–Crippen MR) is 171 cm³/mol. The van der Waals surface area contributed by atoms with Crippen molar-refractivity contribution in [2.75, 3.05) is 13.1 Å². The van der Waals surface area contributed by atoms with E-state index in [2.05, 4.69) is 51.8 Å². The molecule has 6 rings (SSSR count). The molecule has 6 heterocycles. The van der Waals surface area contributed by atoms with Gasteiger partial charge in [-0.1, -0.05) is 0 Å². The third-order valence-corrected chi connectivity index (χ3v) is 7.92. The molecule has 2 atom stereocenters. The van der Waals surface area contributed by atoms with E-state index in [1.807, 2.05) is 75.1 Å². The Labute approximate surface area is 273 Å². The minimum atomic E-state index is -0.488. The molecule has 44 heavy (non-hydrogen) atoms. The quantitative estimate of drug-likeness (QED) is 0.214. The van der Waals surface area contributed by atoms with Crippen LogP contribution >= 0.6 is 31.9 Å². The highest BCUT2D eigenvalue weighted by molar-refractivity contribution is 9.10. The van der Waals surface area contributed by atoms with Crippen LogP contribution in [-0.2, 0) is 9.47 Å². The maximum Gasteiger partial charge on any atom is 0.410 e. The number of carbonyl (C=O) groups excluding carboxylic acids is 2. The molecule has 2 aliphatic heterocycles. The molecule has 14 heteroatoms. The summed E-state index contributed by atoms with van der Waals surface area (Å²) in [7, 11) is 0. The molecule has 2 fully saturated rings. The van der Waals surface area contributed by atoms with E-state index in [0.29, 0.717) is 13.1 Å². The number of hydrogen-bond donors (Lipinski definition) is 0. The van der Waals surface area contributed by atoms with E-state index in [4.69, 9.17) is 9.47 Å². The number of likely N-dealkylation sites (tertiary alicyclic amines) is 2. The molecule has 2 amide bonds. The van der Waals surface area contributed by atoms with Gasteiger partial charge in [0.1, 0.15) is 20.4 Å². The van der Waals surface area contributed by atoms with Gasteiger partial charge >= 0.3 is 12.2 Å². The van der Waals surface area contributed by atoms with Crippen LogP contribution in [0, 0.1) is 0 Å². The first-order valence-corrected chi connectivity index (χ1v) is 16.2. The summed E-state index contributed by atoms with van der Waals surface area (Å²) >= 11 is 6.70. The highest BCUT2D eigenvalue weighted by Crippen LogP contribution is 2.34. The zero-order valence-corrected chi connectivity index (χ0v) is 29.0. The summed E-state index contributed by atoms with van der Waals surface area (Å²) in [5, 5.41) is 0. The molecule has 0 aromatic carbocycles. The first-order chi connectivity index (χ1) is 20.7. The Morgan fingerprint density at radius 1 is 0.705 bits per heavy atom. The zero-order valence-electron chi connectivity index (χ0n) is 25.8. The number of hydrogen-bond acceptors (Lipinski definition) is 8. The van der Waals surface area contributed by atoms with Gasteiger partial charge in [0, 0.05) is 37.9 Å². The van der Waals surface area contributed by atoms with Crippen LogP contribution in [0.2, 0.25) is 0 Å². The Kier molecular flexibility index (Phi) is 9.22. The third kappa shape index (κ3) is 7.68. The number of ether oxygens (including phenoxy) is 2. The molecule has 0 spiro atoms. The van der Waals surface area contributed by atoms with Crippen LogP contribution in [0.15, 0.2) is 46.4 Å². The van der Waals surface area contributed by atoms with E-state index in [9.17, 15) is 9.59 Å². The molecule has 2 aliphatic rings. The van der Waals surface area contributed by atoms with Gasteiger partial charge in [-0.15, -0.1) is 0 Å². The van der Waals surface area contributed by atoms with Crippen molar-refractivity contribution in [3.63, 3.8) is 0 Å². The standard InChI is InChI=1S/2C15H19BrN4O2/c2*1-15(2,3)22-14(21)20-6-4-5-11(20)10-8-19-9-12(16)17-7-13(19)18-10/h2*7-9,11H,4-6H2,1-3H3/t11-;/m1./s1. The second kappa shape index (κ2) is 12.6. The first kappa shape index (κ1) is 32.1. The summed E-state index contributed by atoms with van der Waals surface area (Å²) in [6.45, 7) is 12.7. The Morgan fingerprint density at radius 3 is 1.45 bits per heavy atom. The van der Waals surface area contributed by atoms with Gasteiger partial charge in [-0.25, -0.2) is 29.5 Å². The Hall–Kier alpha value is -3.26. The van der Waals surface area contributed by atoms with Gasteiger partial charge in [0.05, 0.1) is 35.9 Å². The van der Waals surface area contributed by atoms with Gasteiger partial charge in [-0.2, -0.15) is 0 Å². The highest BCUT2D eigenvalue weighted by Gasteiger charge is 2.36. The molecule has 0 radical (unpaired) electrons. The van der Waals surface area contributed by atoms with Crippen LogP contribution in [0.1, 0.15) is 90.7 Å². The number of halogens is 2. The SMILES string of the molecule is CC(C)(C)OC(=O)N1CCCC1c1cn2cc(Br)ncc2n1.CC(C)(C)OC(=O)N1CCC[C@@H]1c1cn2cc(Br)ncc2n1. The second-order valence-corrected chi connectivity index (χ2v) is 14.6. The first-order valence-electron chi connectivity index (χ1n) is 14.7. The number of aromatic nitrogens is 6. The molecule has 2 saturated heterocycles. The predicted octanol–water partition coefficient (Wildman–Crippen LogP) is 7.13. The average Bonchev–Trinajstić information content (AvgIpc) is 3.71. The molecule has 0 aliphatic carbocycles. The van der Waals surface area contributed by atoms with Crippen LogP contribution < -0.4 is 0 Å². The summed E-state index contributed by atoms with van der Waals surface area (Å²) in [5.74, 6) is 0. The number of nitrogens with zero attached hydrogens (tertiary/aromatic N) is 8. The Bertz CT molecular complexity index is 1540. The molecule has 1 unspecified atom stereocenters. The van der Waals surface area contributed by atoms with Crippen molar-refractivity contribution < 1.29 is 19.1 Å². The maximum absolute atomic E-state index is 12.4. The molecule has 0 N–H and O–H groups in total. The lowest BCUT2D eigenvalue weighted by Gasteiger charge is -2.27. The summed E-state index contributed by atoms with van der Waals surface area (Å²) in [6, 6.07) is -0.0675. The second-order valence-electron chi connectivity index (χ2n) is 12.9. The van der Waals surface area contributed by atoms with Crippen LogP contribution in [-0.4, -0.2) is 75.0 Å². The number of rotatable bonds is 2. The van der Waals surface area contributed by atoms with E-state index in [0.717, 1.165) is 57.6 Å². The van der Waals surface area contributed by atoms with Crippen molar-refractivity contribution >= 4 is 55.3 Å². The lowest BCUT2D eigenvalue weighted by Crippen LogP contribution is -2.36. The fraction of sp³-hybridized carbons (Fsp3) is 0.533. The molecule has 4 aromatic rings. The summed E-state index contributed by atoms with van der Waals surface area (Å²) < 4.78 is 16.3. The maximum atomic E-state index is 12.4. The van der Waals surface area contributed by atoms with Gasteiger partial charge in [0.2, 0.25) is 0 Å². The van der Waals surface area contributed by atoms with E-state index in [1.165, 1.54) is 0 Å². The molecule has 236 valence electrons. The van der Waals surface area contributed by atoms with Crippen molar-refractivity contribution in [2.45, 2.75) is 90.5 Å². The van der Waals surface area contributed by atoms with E-state index in [-0.39, 0.29) is 24.3 Å². The zero-order chi connectivity index (χ0) is 31.8. The number of fused-ring (bicyclic) bond motifs is 2. The van der Waals surface area contributed by atoms with Crippen LogP contribution in [0.5, 0.6) is 0 Å². The minimum Gasteiger partial charge on any atom is -0.444 e. The molecule has 0 saturated carbocycles. The summed E-state index contributed by atoms with van der Waals surface area (Å²) in [6.07, 6.45) is 14.2. The Morgan fingerprint density at radius 2 is 1.09 bits per heavy atom. The average molecular weight is 734 g/mol. The van der Waals surface area contributed by atoms with E-state index < -0.39 is 11.2 Å². The van der Waals surface area contributed by atoms with Crippen LogP contribution in [0.4, 0.5) is 9.59 Å². The van der Waals surface area contributed by atoms with Gasteiger partial charge in [0.15, 0.2) is 11.3 Å². The van der Waals surface area contributed by atoms with Gasteiger partial charge < -0.3 is 18.3 Å². The van der Waals surface area contributed by atoms with Crippen molar-refractivity contribution in [3.05, 3.63) is 57.8 Å². The largest absolute Gasteiger partial charge is 0.444 e. The third-order valence-electron chi connectivity index (χ3n) is 7.10. The monoisotopic (exact) mass is 732 g/mol. The van der Waals surface area contributed by atoms with Crippen LogP contribution in [0.3, 0.4) is 0 Å². The van der Waals surface area contributed by atoms with Crippen molar-refractivity contribution in [2.24, 2.45) is 0 Å². The van der Waals surface area contributed by atoms with Gasteiger partial charge in [0.25, 0.3) is 0 Å². The lowest BCUT2D eigenvalue weighted by molar-refractivity contribution is 0.0211. The summed E-state index contributed by atoms with van der Waals surface area (Å²) in [4.78, 5) is 45.8. The smallest absolute Gasteiger partial charge is 0.410 e. The lowest BCUT2D eigenvalue weighted by atomic mass is 10.1. The molecular formula is C30H38Br2N8O4. The number of amides is 2. The summed E-state index contributed by atoms with van der Waals surface area (Å²) in [5.41, 5.74) is 2.32. The van der Waals surface area contributed by atoms with Crippen molar-refractivity contribution in [1.82, 2.24) is 38.5 Å². The molecule has 0 bridgehead atoms. The topological polar surface area (TPSA) is 119 Å². The highest BCUT2D eigenvalue weighted by atomic mass is 79.9. The minimum absolute atomic E-state index is 0.0338. The van der Waals surface area contributed by atoms with Crippen molar-refractivity contribution in [1.29, 1.82) is 0 Å². The van der Waals surface area contributed by atoms with Gasteiger partial charge in [-0.05, 0) is 99.1 Å². The molecule has 4 aromatic heterocycles. The van der Waals surface area contributed by atoms with E-state index in [1.54, 1.807) is 22.2 Å². The van der Waals surface area contributed by atoms with Crippen molar-refractivity contribution in [3.8, 4) is 0 Å². The van der Waals surface area contributed by atoms with Crippen LogP contribution in [0.25, 0.3) is 11.3 Å². The normalized spacial score (nSPS) is 18.9. The Balaban J connectivity index is 0.000000175. The van der Waals surface area contributed by atoms with Gasteiger partial charge in [-0.3, -0.25) is 9.80 Å². The van der Waals surface area contributed by atoms with E-state index >= 15 is 0 Å². The molecular weight excluding hydrogens is 696 g/mol. The number of carbonyl (C=O) groups is 2. The number of imidazole rings is 2.